The standard InChI is InChI=1S/C14H9Cl2NS/c1-8-5-6-9(7-11(8)16)14-17-13-10(15)3-2-4-12(13)18-14/h2-7H,1H3. The van der Waals surface area contributed by atoms with Crippen LogP contribution in [0.3, 0.4) is 0 Å². The van der Waals surface area contributed by atoms with Crippen LogP contribution in [0.1, 0.15) is 5.56 Å². The Hall–Kier alpha value is -1.09. The van der Waals surface area contributed by atoms with E-state index >= 15 is 0 Å². The van der Waals surface area contributed by atoms with Crippen LogP contribution in [-0.2, 0) is 0 Å². The Morgan fingerprint density at radius 3 is 2.61 bits per heavy atom. The molecule has 0 aliphatic rings. The van der Waals surface area contributed by atoms with Gasteiger partial charge in [0.05, 0.1) is 9.72 Å². The summed E-state index contributed by atoms with van der Waals surface area (Å²) in [6, 6.07) is 11.8. The molecule has 0 saturated heterocycles. The van der Waals surface area contributed by atoms with Crippen molar-refractivity contribution >= 4 is 44.8 Å². The number of aryl methyl sites for hydroxylation is 1. The molecule has 3 aromatic rings. The number of halogens is 2. The molecule has 1 aromatic heterocycles. The lowest BCUT2D eigenvalue weighted by atomic mass is 10.1. The highest BCUT2D eigenvalue weighted by Crippen LogP contribution is 2.34. The summed E-state index contributed by atoms with van der Waals surface area (Å²) in [5.41, 5.74) is 2.96. The SMILES string of the molecule is Cc1ccc(-c2nc3c(Cl)cccc3s2)cc1Cl. The van der Waals surface area contributed by atoms with E-state index < -0.39 is 0 Å². The normalized spacial score (nSPS) is 11.1. The zero-order chi connectivity index (χ0) is 12.7. The number of fused-ring (bicyclic) bond motifs is 1. The maximum Gasteiger partial charge on any atom is 0.124 e. The third kappa shape index (κ3) is 2.01. The van der Waals surface area contributed by atoms with Crippen molar-refractivity contribution < 1.29 is 0 Å². The van der Waals surface area contributed by atoms with E-state index in [-0.39, 0.29) is 0 Å². The van der Waals surface area contributed by atoms with E-state index in [1.807, 2.05) is 43.3 Å². The quantitative estimate of drug-likeness (QED) is 0.571. The minimum atomic E-state index is 0.688. The molecule has 90 valence electrons. The van der Waals surface area contributed by atoms with Crippen LogP contribution in [0, 0.1) is 6.92 Å². The van der Waals surface area contributed by atoms with Crippen LogP contribution in [0.5, 0.6) is 0 Å². The molecule has 0 aliphatic heterocycles. The van der Waals surface area contributed by atoms with Crippen molar-refractivity contribution in [3.63, 3.8) is 0 Å². The Balaban J connectivity index is 2.19. The molecule has 0 aliphatic carbocycles. The Kier molecular flexibility index (Phi) is 3.02. The lowest BCUT2D eigenvalue weighted by Gasteiger charge is -2.00. The van der Waals surface area contributed by atoms with Gasteiger partial charge in [0.1, 0.15) is 10.5 Å². The minimum absolute atomic E-state index is 0.688. The number of rotatable bonds is 1. The molecule has 0 atom stereocenters. The van der Waals surface area contributed by atoms with Gasteiger partial charge in [0.15, 0.2) is 0 Å². The molecule has 0 unspecified atom stereocenters. The summed E-state index contributed by atoms with van der Waals surface area (Å²) < 4.78 is 1.09. The number of hydrogen-bond donors (Lipinski definition) is 0. The van der Waals surface area contributed by atoms with E-state index in [9.17, 15) is 0 Å². The summed E-state index contributed by atoms with van der Waals surface area (Å²) in [5.74, 6) is 0. The lowest BCUT2D eigenvalue weighted by Crippen LogP contribution is -1.79. The van der Waals surface area contributed by atoms with Gasteiger partial charge in [-0.15, -0.1) is 11.3 Å². The summed E-state index contributed by atoms with van der Waals surface area (Å²) in [7, 11) is 0. The van der Waals surface area contributed by atoms with Crippen LogP contribution in [0.15, 0.2) is 36.4 Å². The number of thiazole rings is 1. The van der Waals surface area contributed by atoms with E-state index in [4.69, 9.17) is 23.2 Å². The second kappa shape index (κ2) is 4.54. The molecule has 18 heavy (non-hydrogen) atoms. The maximum absolute atomic E-state index is 6.14. The fourth-order valence-corrected chi connectivity index (χ4v) is 3.21. The van der Waals surface area contributed by atoms with Crippen molar-refractivity contribution in [2.45, 2.75) is 6.92 Å². The van der Waals surface area contributed by atoms with Crippen LogP contribution < -0.4 is 0 Å². The molecule has 0 spiro atoms. The molecule has 0 saturated carbocycles. The summed E-state index contributed by atoms with van der Waals surface area (Å²) in [6.07, 6.45) is 0. The highest BCUT2D eigenvalue weighted by molar-refractivity contribution is 7.21. The monoisotopic (exact) mass is 293 g/mol. The zero-order valence-electron chi connectivity index (χ0n) is 9.58. The third-order valence-corrected chi connectivity index (χ3v) is 4.57. The summed E-state index contributed by atoms with van der Waals surface area (Å²) in [4.78, 5) is 4.58. The van der Waals surface area contributed by atoms with E-state index in [0.717, 1.165) is 31.4 Å². The maximum atomic E-state index is 6.14. The van der Waals surface area contributed by atoms with Gasteiger partial charge in [-0.05, 0) is 30.7 Å². The molecule has 0 N–H and O–H groups in total. The van der Waals surface area contributed by atoms with E-state index in [0.29, 0.717) is 5.02 Å². The van der Waals surface area contributed by atoms with Crippen LogP contribution in [0.25, 0.3) is 20.8 Å². The Morgan fingerprint density at radius 2 is 1.89 bits per heavy atom. The van der Waals surface area contributed by atoms with Gasteiger partial charge < -0.3 is 0 Å². The fraction of sp³-hybridized carbons (Fsp3) is 0.0714. The van der Waals surface area contributed by atoms with Crippen LogP contribution >= 0.6 is 34.5 Å². The molecule has 4 heteroatoms. The molecule has 1 heterocycles. The molecular formula is C14H9Cl2NS. The zero-order valence-corrected chi connectivity index (χ0v) is 11.9. The molecule has 0 fully saturated rings. The van der Waals surface area contributed by atoms with Gasteiger partial charge in [0.25, 0.3) is 0 Å². The number of para-hydroxylation sites is 1. The summed E-state index contributed by atoms with van der Waals surface area (Å²) in [5, 5.41) is 2.39. The van der Waals surface area contributed by atoms with Gasteiger partial charge in [0, 0.05) is 10.6 Å². The second-order valence-corrected chi connectivity index (χ2v) is 5.91. The fourth-order valence-electron chi connectivity index (χ4n) is 1.76. The van der Waals surface area contributed by atoms with Crippen LogP contribution in [0.4, 0.5) is 0 Å². The highest BCUT2D eigenvalue weighted by atomic mass is 35.5. The number of aromatic nitrogens is 1. The Bertz CT molecular complexity index is 734. The molecule has 2 aromatic carbocycles. The average Bonchev–Trinajstić information content (AvgIpc) is 2.78. The lowest BCUT2D eigenvalue weighted by molar-refractivity contribution is 1.44. The predicted octanol–water partition coefficient (Wildman–Crippen LogP) is 5.58. The molecule has 0 bridgehead atoms. The van der Waals surface area contributed by atoms with Gasteiger partial charge in [-0.2, -0.15) is 0 Å². The average molecular weight is 294 g/mol. The second-order valence-electron chi connectivity index (χ2n) is 4.07. The van der Waals surface area contributed by atoms with Gasteiger partial charge in [0.2, 0.25) is 0 Å². The van der Waals surface area contributed by atoms with E-state index in [1.165, 1.54) is 0 Å². The number of hydrogen-bond acceptors (Lipinski definition) is 2. The van der Waals surface area contributed by atoms with Crippen molar-refractivity contribution in [3.8, 4) is 10.6 Å². The molecule has 1 nitrogen and oxygen atoms in total. The van der Waals surface area contributed by atoms with Crippen molar-refractivity contribution in [1.29, 1.82) is 0 Å². The molecule has 0 amide bonds. The van der Waals surface area contributed by atoms with E-state index in [1.54, 1.807) is 11.3 Å². The summed E-state index contributed by atoms with van der Waals surface area (Å²) in [6.45, 7) is 1.99. The van der Waals surface area contributed by atoms with E-state index in [2.05, 4.69) is 4.98 Å². The third-order valence-electron chi connectivity index (χ3n) is 2.79. The van der Waals surface area contributed by atoms with Crippen molar-refractivity contribution in [2.24, 2.45) is 0 Å². The number of nitrogens with zero attached hydrogens (tertiary/aromatic N) is 1. The smallest absolute Gasteiger partial charge is 0.124 e. The van der Waals surface area contributed by atoms with Crippen LogP contribution in [0.2, 0.25) is 10.0 Å². The molecular weight excluding hydrogens is 285 g/mol. The number of benzene rings is 2. The minimum Gasteiger partial charge on any atom is -0.234 e. The van der Waals surface area contributed by atoms with Gasteiger partial charge in [-0.1, -0.05) is 41.4 Å². The van der Waals surface area contributed by atoms with Crippen LogP contribution in [-0.4, -0.2) is 4.98 Å². The first kappa shape index (κ1) is 12.0. The first-order valence-corrected chi connectivity index (χ1v) is 7.04. The first-order valence-electron chi connectivity index (χ1n) is 5.47. The van der Waals surface area contributed by atoms with Gasteiger partial charge in [-0.3, -0.25) is 0 Å². The highest BCUT2D eigenvalue weighted by Gasteiger charge is 2.09. The van der Waals surface area contributed by atoms with Crippen molar-refractivity contribution in [2.75, 3.05) is 0 Å². The first-order chi connectivity index (χ1) is 8.65. The van der Waals surface area contributed by atoms with Crippen molar-refractivity contribution in [1.82, 2.24) is 4.98 Å². The Labute approximate surface area is 119 Å². The van der Waals surface area contributed by atoms with Crippen molar-refractivity contribution in [3.05, 3.63) is 52.0 Å². The summed E-state index contributed by atoms with van der Waals surface area (Å²) >= 11 is 13.9. The molecule has 0 radical (unpaired) electrons. The van der Waals surface area contributed by atoms with Gasteiger partial charge in [-0.25, -0.2) is 4.98 Å². The van der Waals surface area contributed by atoms with Gasteiger partial charge >= 0.3 is 0 Å². The topological polar surface area (TPSA) is 12.9 Å². The molecule has 3 rings (SSSR count). The Morgan fingerprint density at radius 1 is 1.06 bits per heavy atom. The predicted molar refractivity (Wildman–Crippen MR) is 79.8 cm³/mol. The largest absolute Gasteiger partial charge is 0.234 e.